The van der Waals surface area contributed by atoms with E-state index in [1.165, 1.54) is 5.56 Å². The lowest BCUT2D eigenvalue weighted by Gasteiger charge is -2.37. The van der Waals surface area contributed by atoms with Crippen molar-refractivity contribution < 1.29 is 4.39 Å². The summed E-state index contributed by atoms with van der Waals surface area (Å²) in [6, 6.07) is 5.36. The molecule has 30 heavy (non-hydrogen) atoms. The van der Waals surface area contributed by atoms with Crippen LogP contribution < -0.4 is 5.32 Å². The highest BCUT2D eigenvalue weighted by atomic mass is 19.1. The Bertz CT molecular complexity index is 699. The molecule has 2 heterocycles. The lowest BCUT2D eigenvalue weighted by Crippen LogP contribution is -2.42. The van der Waals surface area contributed by atoms with E-state index in [9.17, 15) is 4.39 Å². The van der Waals surface area contributed by atoms with E-state index < -0.39 is 0 Å². The Morgan fingerprint density at radius 1 is 1.30 bits per heavy atom. The van der Waals surface area contributed by atoms with E-state index in [1.807, 2.05) is 19.9 Å². The van der Waals surface area contributed by atoms with Crippen molar-refractivity contribution >= 4 is 5.69 Å². The van der Waals surface area contributed by atoms with Crippen molar-refractivity contribution in [1.29, 1.82) is 0 Å². The number of allylic oxidation sites excluding steroid dienone is 1. The van der Waals surface area contributed by atoms with E-state index in [0.717, 1.165) is 63.2 Å². The summed E-state index contributed by atoms with van der Waals surface area (Å²) in [5, 5.41) is 3.42. The van der Waals surface area contributed by atoms with Gasteiger partial charge in [0.25, 0.3) is 0 Å². The predicted molar refractivity (Wildman–Crippen MR) is 129 cm³/mol. The van der Waals surface area contributed by atoms with Crippen LogP contribution in [0.2, 0.25) is 0 Å². The molecule has 0 radical (unpaired) electrons. The van der Waals surface area contributed by atoms with Crippen molar-refractivity contribution in [3.63, 3.8) is 0 Å². The molecule has 0 aromatic heterocycles. The average Bonchev–Trinajstić information content (AvgIpc) is 3.12. The van der Waals surface area contributed by atoms with E-state index in [4.69, 9.17) is 6.42 Å². The number of halogens is 1. The van der Waals surface area contributed by atoms with Crippen molar-refractivity contribution in [2.24, 2.45) is 0 Å². The largest absolute Gasteiger partial charge is 0.384 e. The summed E-state index contributed by atoms with van der Waals surface area (Å²) in [5.41, 5.74) is 3.65. The molecule has 1 spiro atoms. The minimum atomic E-state index is -0.110. The van der Waals surface area contributed by atoms with Crippen LogP contribution in [0.3, 0.4) is 0 Å². The number of terminal acetylenes is 1. The van der Waals surface area contributed by atoms with Crippen molar-refractivity contribution in [1.82, 2.24) is 9.80 Å². The summed E-state index contributed by atoms with van der Waals surface area (Å²) in [6.45, 7) is 18.5. The van der Waals surface area contributed by atoms with Gasteiger partial charge in [-0.2, -0.15) is 0 Å². The lowest BCUT2D eigenvalue weighted by atomic mass is 9.74. The highest BCUT2D eigenvalue weighted by molar-refractivity contribution is 5.60. The van der Waals surface area contributed by atoms with Crippen LogP contribution in [-0.4, -0.2) is 49.1 Å². The number of rotatable bonds is 5. The molecular weight excluding hydrogens is 373 g/mol. The van der Waals surface area contributed by atoms with E-state index in [2.05, 4.69) is 55.4 Å². The van der Waals surface area contributed by atoms with Gasteiger partial charge < -0.3 is 15.1 Å². The van der Waals surface area contributed by atoms with Crippen LogP contribution in [-0.2, 0) is 5.41 Å². The summed E-state index contributed by atoms with van der Waals surface area (Å²) in [6.07, 6.45) is 9.65. The van der Waals surface area contributed by atoms with Crippen molar-refractivity contribution in [2.75, 3.05) is 38.5 Å². The summed E-state index contributed by atoms with van der Waals surface area (Å²) >= 11 is 0. The van der Waals surface area contributed by atoms with Gasteiger partial charge in [-0.15, -0.1) is 6.42 Å². The SMILES string of the molecule is C#CC(CC)N(CC)C(=C)CC.CC.CN1CCC2(CC1)CNc1ccc(F)cc12. The van der Waals surface area contributed by atoms with Crippen LogP contribution in [0.25, 0.3) is 0 Å². The number of hydrogen-bond donors (Lipinski definition) is 1. The van der Waals surface area contributed by atoms with Gasteiger partial charge in [0.05, 0.1) is 6.04 Å². The van der Waals surface area contributed by atoms with Gasteiger partial charge >= 0.3 is 0 Å². The van der Waals surface area contributed by atoms with Gasteiger partial charge in [0.2, 0.25) is 0 Å². The number of piperidine rings is 1. The third kappa shape index (κ3) is 6.25. The molecule has 1 atom stereocenters. The second-order valence-electron chi connectivity index (χ2n) is 7.92. The molecule has 2 aliphatic heterocycles. The first-order chi connectivity index (χ1) is 14.4. The van der Waals surface area contributed by atoms with Gasteiger partial charge in [-0.05, 0) is 76.5 Å². The number of nitrogens with zero attached hydrogens (tertiary/aromatic N) is 2. The Kier molecular flexibility index (Phi) is 11.0. The molecule has 0 saturated carbocycles. The van der Waals surface area contributed by atoms with E-state index in [0.29, 0.717) is 0 Å². The molecule has 1 fully saturated rings. The van der Waals surface area contributed by atoms with E-state index in [1.54, 1.807) is 12.1 Å². The normalized spacial score (nSPS) is 17.3. The third-order valence-electron chi connectivity index (χ3n) is 6.22. The van der Waals surface area contributed by atoms with Crippen LogP contribution in [0.15, 0.2) is 30.5 Å². The quantitative estimate of drug-likeness (QED) is 0.605. The third-order valence-corrected chi connectivity index (χ3v) is 6.22. The number of fused-ring (bicyclic) bond motifs is 2. The molecule has 4 heteroatoms. The predicted octanol–water partition coefficient (Wildman–Crippen LogP) is 5.88. The maximum absolute atomic E-state index is 13.3. The topological polar surface area (TPSA) is 18.5 Å². The van der Waals surface area contributed by atoms with Crippen LogP contribution >= 0.6 is 0 Å². The molecule has 2 aliphatic rings. The first-order valence-electron chi connectivity index (χ1n) is 11.5. The minimum absolute atomic E-state index is 0.110. The Balaban J connectivity index is 0.000000290. The van der Waals surface area contributed by atoms with Gasteiger partial charge in [-0.1, -0.05) is 40.2 Å². The molecule has 3 nitrogen and oxygen atoms in total. The van der Waals surface area contributed by atoms with Crippen LogP contribution in [0, 0.1) is 18.2 Å². The Morgan fingerprint density at radius 3 is 2.43 bits per heavy atom. The van der Waals surface area contributed by atoms with Gasteiger partial charge in [-0.25, -0.2) is 4.39 Å². The first-order valence-corrected chi connectivity index (χ1v) is 11.5. The van der Waals surface area contributed by atoms with Crippen LogP contribution in [0.4, 0.5) is 10.1 Å². The van der Waals surface area contributed by atoms with E-state index >= 15 is 0 Å². The van der Waals surface area contributed by atoms with Gasteiger partial charge in [0, 0.05) is 29.9 Å². The highest BCUT2D eigenvalue weighted by Gasteiger charge is 2.40. The van der Waals surface area contributed by atoms with Crippen molar-refractivity contribution in [3.05, 3.63) is 41.9 Å². The Labute approximate surface area is 184 Å². The monoisotopic (exact) mass is 415 g/mol. The fraction of sp³-hybridized carbons (Fsp3) is 0.615. The molecule has 0 amide bonds. The minimum Gasteiger partial charge on any atom is -0.384 e. The maximum atomic E-state index is 13.3. The van der Waals surface area contributed by atoms with Crippen LogP contribution in [0.5, 0.6) is 0 Å². The zero-order valence-corrected chi connectivity index (χ0v) is 20.0. The van der Waals surface area contributed by atoms with E-state index in [-0.39, 0.29) is 17.3 Å². The molecule has 0 bridgehead atoms. The lowest BCUT2D eigenvalue weighted by molar-refractivity contribution is 0.200. The van der Waals surface area contributed by atoms with Crippen molar-refractivity contribution in [3.8, 4) is 12.3 Å². The Morgan fingerprint density at radius 2 is 1.93 bits per heavy atom. The molecule has 0 aliphatic carbocycles. The fourth-order valence-corrected chi connectivity index (χ4v) is 4.26. The summed E-state index contributed by atoms with van der Waals surface area (Å²) < 4.78 is 13.3. The van der Waals surface area contributed by atoms with Gasteiger partial charge in [0.15, 0.2) is 0 Å². The summed E-state index contributed by atoms with van der Waals surface area (Å²) in [5.74, 6) is 2.67. The number of hydrogen-bond acceptors (Lipinski definition) is 3. The number of nitrogens with one attached hydrogen (secondary N) is 1. The molecule has 1 saturated heterocycles. The van der Waals surface area contributed by atoms with Crippen molar-refractivity contribution in [2.45, 2.75) is 71.8 Å². The number of benzene rings is 1. The molecule has 1 N–H and O–H groups in total. The zero-order valence-electron chi connectivity index (χ0n) is 20.0. The second kappa shape index (κ2) is 12.6. The smallest absolute Gasteiger partial charge is 0.123 e. The highest BCUT2D eigenvalue weighted by Crippen LogP contribution is 2.43. The molecule has 1 aromatic rings. The molecule has 3 rings (SSSR count). The fourth-order valence-electron chi connectivity index (χ4n) is 4.26. The number of anilines is 1. The summed E-state index contributed by atoms with van der Waals surface area (Å²) in [7, 11) is 2.15. The first kappa shape index (κ1) is 26.0. The van der Waals surface area contributed by atoms with Gasteiger partial charge in [0.1, 0.15) is 5.82 Å². The molecular formula is C26H42FN3. The summed E-state index contributed by atoms with van der Waals surface area (Å²) in [4.78, 5) is 4.54. The number of likely N-dealkylation sites (tertiary alicyclic amines) is 1. The second-order valence-corrected chi connectivity index (χ2v) is 7.92. The standard InChI is InChI=1S/C13H17FN2.C11H19N.C2H6/c1-16-6-4-13(5-7-16)9-15-12-3-2-10(14)8-11(12)13;1-6-10(5)12(9-4)11(7-2)8-3;1-2/h2-3,8,15H,4-7,9H2,1H3;2,11H,5-6,8-9H2,1,3-4H3;1-2H3. The zero-order chi connectivity index (χ0) is 22.7. The molecule has 1 aromatic carbocycles. The van der Waals surface area contributed by atoms with Crippen LogP contribution in [0.1, 0.15) is 65.9 Å². The average molecular weight is 416 g/mol. The molecule has 168 valence electrons. The van der Waals surface area contributed by atoms with Gasteiger partial charge in [-0.3, -0.25) is 0 Å². The maximum Gasteiger partial charge on any atom is 0.123 e. The molecule has 1 unspecified atom stereocenters. The Hall–Kier alpha value is -1.99.